The Kier molecular flexibility index (Phi) is 9.73. The van der Waals surface area contributed by atoms with E-state index in [4.69, 9.17) is 16.7 Å². The Morgan fingerprint density at radius 3 is 2.48 bits per heavy atom. The molecule has 148 valence electrons. The first-order valence-electron chi connectivity index (χ1n) is 8.25. The highest BCUT2D eigenvalue weighted by molar-refractivity contribution is 7.89. The van der Waals surface area contributed by atoms with Gasteiger partial charge in [0.2, 0.25) is 10.0 Å². The first kappa shape index (κ1) is 23.4. The quantitative estimate of drug-likeness (QED) is 0.555. The molecular weight excluding hydrogens is 411 g/mol. The number of sulfonamides is 1. The van der Waals surface area contributed by atoms with Crippen molar-refractivity contribution in [2.45, 2.75) is 36.5 Å². The maximum Gasteiger partial charge on any atom is 0.303 e. The number of benzene rings is 1. The van der Waals surface area contributed by atoms with Crippen molar-refractivity contribution >= 4 is 40.0 Å². The number of halogens is 2. The SMILES string of the molecule is Cl.O=C(O)CCCCC(CNS(=O)(=O)c1ccc(Cl)cc1)c1cccnc1. The summed E-state index contributed by atoms with van der Waals surface area (Å²) in [6, 6.07) is 9.66. The lowest BCUT2D eigenvalue weighted by atomic mass is 9.94. The number of aromatic nitrogens is 1. The van der Waals surface area contributed by atoms with Gasteiger partial charge in [0.25, 0.3) is 0 Å². The Morgan fingerprint density at radius 2 is 1.89 bits per heavy atom. The van der Waals surface area contributed by atoms with Gasteiger partial charge < -0.3 is 5.11 Å². The number of rotatable bonds is 10. The fraction of sp³-hybridized carbons (Fsp3) is 0.333. The summed E-state index contributed by atoms with van der Waals surface area (Å²) in [7, 11) is -3.65. The molecule has 1 atom stereocenters. The Bertz CT molecular complexity index is 815. The van der Waals surface area contributed by atoms with E-state index in [0.29, 0.717) is 24.3 Å². The van der Waals surface area contributed by atoms with Gasteiger partial charge in [-0.25, -0.2) is 13.1 Å². The highest BCUT2D eigenvalue weighted by Crippen LogP contribution is 2.22. The molecule has 6 nitrogen and oxygen atoms in total. The summed E-state index contributed by atoms with van der Waals surface area (Å²) in [5.74, 6) is -0.911. The zero-order chi connectivity index (χ0) is 19.0. The average molecular weight is 433 g/mol. The summed E-state index contributed by atoms with van der Waals surface area (Å²) in [5.41, 5.74) is 0.918. The molecule has 0 amide bonds. The third-order valence-electron chi connectivity index (χ3n) is 3.99. The lowest BCUT2D eigenvalue weighted by Crippen LogP contribution is -2.28. The third-order valence-corrected chi connectivity index (χ3v) is 5.68. The van der Waals surface area contributed by atoms with Crippen LogP contribution in [0.1, 0.15) is 37.2 Å². The second-order valence-electron chi connectivity index (χ2n) is 5.93. The third kappa shape index (κ3) is 7.84. The van der Waals surface area contributed by atoms with Gasteiger partial charge in [-0.1, -0.05) is 24.1 Å². The molecule has 1 heterocycles. The molecule has 27 heavy (non-hydrogen) atoms. The van der Waals surface area contributed by atoms with Crippen molar-refractivity contribution in [2.24, 2.45) is 0 Å². The zero-order valence-corrected chi connectivity index (χ0v) is 16.9. The highest BCUT2D eigenvalue weighted by atomic mass is 35.5. The monoisotopic (exact) mass is 432 g/mol. The predicted octanol–water partition coefficient (Wildman–Crippen LogP) is 3.86. The number of nitrogens with one attached hydrogen (secondary N) is 1. The number of carboxylic acids is 1. The number of unbranched alkanes of at least 4 members (excludes halogenated alkanes) is 1. The molecule has 0 aliphatic carbocycles. The minimum Gasteiger partial charge on any atom is -0.481 e. The molecule has 2 aromatic rings. The number of carboxylic acid groups (broad SMARTS) is 1. The van der Waals surface area contributed by atoms with Crippen LogP contribution < -0.4 is 4.72 Å². The van der Waals surface area contributed by atoms with E-state index < -0.39 is 16.0 Å². The fourth-order valence-corrected chi connectivity index (χ4v) is 3.79. The van der Waals surface area contributed by atoms with E-state index in [0.717, 1.165) is 5.56 Å². The van der Waals surface area contributed by atoms with Crippen LogP contribution in [0.3, 0.4) is 0 Å². The summed E-state index contributed by atoms with van der Waals surface area (Å²) in [4.78, 5) is 14.9. The lowest BCUT2D eigenvalue weighted by molar-refractivity contribution is -0.137. The molecule has 0 aliphatic heterocycles. The molecule has 0 saturated carbocycles. The van der Waals surface area contributed by atoms with Crippen molar-refractivity contribution in [3.63, 3.8) is 0 Å². The van der Waals surface area contributed by atoms with Gasteiger partial charge in [-0.3, -0.25) is 9.78 Å². The molecule has 0 saturated heterocycles. The second-order valence-corrected chi connectivity index (χ2v) is 8.13. The molecular formula is C18H22Cl2N2O4S. The summed E-state index contributed by atoms with van der Waals surface area (Å²) in [6.07, 6.45) is 5.38. The Hall–Kier alpha value is -1.67. The summed E-state index contributed by atoms with van der Waals surface area (Å²) >= 11 is 5.80. The minimum atomic E-state index is -3.65. The van der Waals surface area contributed by atoms with E-state index in [2.05, 4.69) is 9.71 Å². The summed E-state index contributed by atoms with van der Waals surface area (Å²) in [5, 5.41) is 9.21. The largest absolute Gasteiger partial charge is 0.481 e. The molecule has 0 spiro atoms. The molecule has 0 radical (unpaired) electrons. The number of hydrogen-bond donors (Lipinski definition) is 2. The Labute approximate surface area is 170 Å². The van der Waals surface area contributed by atoms with Crippen LogP contribution in [-0.4, -0.2) is 31.0 Å². The molecule has 1 aromatic carbocycles. The smallest absolute Gasteiger partial charge is 0.303 e. The van der Waals surface area contributed by atoms with Crippen LogP contribution in [0.15, 0.2) is 53.7 Å². The van der Waals surface area contributed by atoms with Crippen LogP contribution >= 0.6 is 24.0 Å². The van der Waals surface area contributed by atoms with Gasteiger partial charge in [0.1, 0.15) is 0 Å². The second kappa shape index (κ2) is 11.2. The van der Waals surface area contributed by atoms with Gasteiger partial charge >= 0.3 is 5.97 Å². The number of aliphatic carboxylic acids is 1. The first-order valence-corrected chi connectivity index (χ1v) is 10.1. The Balaban J connectivity index is 0.00000364. The minimum absolute atomic E-state index is 0. The van der Waals surface area contributed by atoms with Gasteiger partial charge in [-0.2, -0.15) is 0 Å². The normalized spacial score (nSPS) is 12.2. The van der Waals surface area contributed by atoms with E-state index in [1.807, 2.05) is 6.07 Å². The first-order chi connectivity index (χ1) is 12.4. The molecule has 2 rings (SSSR count). The number of carbonyl (C=O) groups is 1. The van der Waals surface area contributed by atoms with Gasteiger partial charge in [-0.15, -0.1) is 12.4 Å². The maximum absolute atomic E-state index is 12.5. The molecule has 1 unspecified atom stereocenters. The average Bonchev–Trinajstić information content (AvgIpc) is 2.62. The standard InChI is InChI=1S/C18H21ClN2O4S.ClH/c19-16-7-9-17(10-8-16)26(24,25)21-13-15(4-1-2-6-18(22)23)14-5-3-11-20-12-14;/h3,5,7-12,15,21H,1-2,4,6,13H2,(H,22,23);1H. The van der Waals surface area contributed by atoms with Gasteiger partial charge in [-0.05, 0) is 54.7 Å². The topological polar surface area (TPSA) is 96.4 Å². The van der Waals surface area contributed by atoms with Crippen molar-refractivity contribution in [1.29, 1.82) is 0 Å². The molecule has 1 aromatic heterocycles. The number of pyridine rings is 1. The van der Waals surface area contributed by atoms with E-state index in [1.165, 1.54) is 24.3 Å². The molecule has 0 aliphatic rings. The molecule has 0 bridgehead atoms. The van der Waals surface area contributed by atoms with Gasteiger partial charge in [0.15, 0.2) is 0 Å². The van der Waals surface area contributed by atoms with Crippen LogP contribution in [0.5, 0.6) is 0 Å². The summed E-state index contributed by atoms with van der Waals surface area (Å²) in [6.45, 7) is 0.212. The molecule has 2 N–H and O–H groups in total. The lowest BCUT2D eigenvalue weighted by Gasteiger charge is -2.18. The Morgan fingerprint density at radius 1 is 1.19 bits per heavy atom. The highest BCUT2D eigenvalue weighted by Gasteiger charge is 2.18. The van der Waals surface area contributed by atoms with Crippen molar-refractivity contribution in [1.82, 2.24) is 9.71 Å². The maximum atomic E-state index is 12.5. The predicted molar refractivity (Wildman–Crippen MR) is 107 cm³/mol. The van der Waals surface area contributed by atoms with Crippen molar-refractivity contribution < 1.29 is 18.3 Å². The van der Waals surface area contributed by atoms with E-state index >= 15 is 0 Å². The van der Waals surface area contributed by atoms with E-state index in [-0.39, 0.29) is 36.2 Å². The summed E-state index contributed by atoms with van der Waals surface area (Å²) < 4.78 is 27.5. The fourth-order valence-electron chi connectivity index (χ4n) is 2.58. The number of nitrogens with zero attached hydrogens (tertiary/aromatic N) is 1. The van der Waals surface area contributed by atoms with Crippen LogP contribution in [0.2, 0.25) is 5.02 Å². The van der Waals surface area contributed by atoms with Crippen LogP contribution in [-0.2, 0) is 14.8 Å². The van der Waals surface area contributed by atoms with Crippen molar-refractivity contribution in [2.75, 3.05) is 6.54 Å². The number of hydrogen-bond acceptors (Lipinski definition) is 4. The van der Waals surface area contributed by atoms with Gasteiger partial charge in [0, 0.05) is 30.4 Å². The van der Waals surface area contributed by atoms with E-state index in [1.54, 1.807) is 18.5 Å². The van der Waals surface area contributed by atoms with Crippen LogP contribution in [0, 0.1) is 0 Å². The zero-order valence-electron chi connectivity index (χ0n) is 14.5. The van der Waals surface area contributed by atoms with Crippen LogP contribution in [0.25, 0.3) is 0 Å². The van der Waals surface area contributed by atoms with Crippen molar-refractivity contribution in [3.05, 3.63) is 59.4 Å². The molecule has 0 fully saturated rings. The van der Waals surface area contributed by atoms with Gasteiger partial charge in [0.05, 0.1) is 4.90 Å². The molecule has 9 heteroatoms. The van der Waals surface area contributed by atoms with E-state index in [9.17, 15) is 13.2 Å². The van der Waals surface area contributed by atoms with Crippen LogP contribution in [0.4, 0.5) is 0 Å². The van der Waals surface area contributed by atoms with Crippen molar-refractivity contribution in [3.8, 4) is 0 Å².